The van der Waals surface area contributed by atoms with Crippen molar-refractivity contribution in [2.45, 2.75) is 4.90 Å². The van der Waals surface area contributed by atoms with Gasteiger partial charge in [0.25, 0.3) is 0 Å². The number of rotatable bonds is 4. The van der Waals surface area contributed by atoms with E-state index in [1.165, 1.54) is 30.5 Å². The molecule has 3 N–H and O–H groups in total. The van der Waals surface area contributed by atoms with Crippen molar-refractivity contribution in [2.75, 3.05) is 11.6 Å². The van der Waals surface area contributed by atoms with Gasteiger partial charge in [-0.25, -0.2) is 13.4 Å². The van der Waals surface area contributed by atoms with E-state index in [1.54, 1.807) is 12.1 Å². The van der Waals surface area contributed by atoms with E-state index in [2.05, 4.69) is 10.3 Å². The maximum Gasteiger partial charge on any atom is 0.248 e. The molecule has 0 aliphatic rings. The summed E-state index contributed by atoms with van der Waals surface area (Å²) in [7, 11) is -3.21. The predicted molar refractivity (Wildman–Crippen MR) is 75.6 cm³/mol. The van der Waals surface area contributed by atoms with E-state index < -0.39 is 15.7 Å². The van der Waals surface area contributed by atoms with E-state index in [9.17, 15) is 13.2 Å². The van der Waals surface area contributed by atoms with Crippen molar-refractivity contribution in [2.24, 2.45) is 5.73 Å². The normalized spacial score (nSPS) is 11.1. The van der Waals surface area contributed by atoms with Gasteiger partial charge in [-0.1, -0.05) is 0 Å². The summed E-state index contributed by atoms with van der Waals surface area (Å²) in [5.41, 5.74) is 6.18. The van der Waals surface area contributed by atoms with Crippen LogP contribution < -0.4 is 11.1 Å². The lowest BCUT2D eigenvalue weighted by atomic mass is 10.2. The van der Waals surface area contributed by atoms with Crippen LogP contribution in [0.2, 0.25) is 0 Å². The first-order chi connectivity index (χ1) is 9.36. The molecule has 2 rings (SSSR count). The molecule has 104 valence electrons. The number of hydrogen-bond acceptors (Lipinski definition) is 5. The lowest BCUT2D eigenvalue weighted by molar-refractivity contribution is 0.1000. The predicted octanol–water partition coefficient (Wildman–Crippen LogP) is 1.33. The number of primary amides is 1. The average Bonchev–Trinajstić information content (AvgIpc) is 2.38. The molecule has 0 saturated heterocycles. The number of amides is 1. The SMILES string of the molecule is CS(=O)(=O)c1ccc(Nc2cc(C(N)=O)ccn2)cc1. The molecule has 0 fully saturated rings. The molecule has 0 radical (unpaired) electrons. The molecule has 1 aromatic heterocycles. The Morgan fingerprint density at radius 1 is 1.20 bits per heavy atom. The second-order valence-electron chi connectivity index (χ2n) is 4.22. The number of aromatic nitrogens is 1. The third kappa shape index (κ3) is 3.33. The van der Waals surface area contributed by atoms with Crippen molar-refractivity contribution >= 4 is 27.2 Å². The zero-order valence-corrected chi connectivity index (χ0v) is 11.5. The third-order valence-corrected chi connectivity index (χ3v) is 3.73. The van der Waals surface area contributed by atoms with E-state index in [1.807, 2.05) is 0 Å². The van der Waals surface area contributed by atoms with Gasteiger partial charge in [0.05, 0.1) is 4.90 Å². The van der Waals surface area contributed by atoms with Gasteiger partial charge in [-0.2, -0.15) is 0 Å². The summed E-state index contributed by atoms with van der Waals surface area (Å²) in [4.78, 5) is 15.3. The molecule has 1 aromatic carbocycles. The van der Waals surface area contributed by atoms with Crippen LogP contribution in [-0.4, -0.2) is 25.6 Å². The van der Waals surface area contributed by atoms with Crippen molar-refractivity contribution in [1.82, 2.24) is 4.98 Å². The van der Waals surface area contributed by atoms with Gasteiger partial charge in [0.15, 0.2) is 9.84 Å². The van der Waals surface area contributed by atoms with E-state index in [4.69, 9.17) is 5.73 Å². The molecule has 0 aliphatic heterocycles. The average molecular weight is 291 g/mol. The third-order valence-electron chi connectivity index (χ3n) is 2.60. The zero-order chi connectivity index (χ0) is 14.8. The molecular formula is C13H13N3O3S. The molecule has 0 aliphatic carbocycles. The van der Waals surface area contributed by atoms with Crippen LogP contribution in [0.4, 0.5) is 11.5 Å². The van der Waals surface area contributed by atoms with Gasteiger partial charge in [-0.15, -0.1) is 0 Å². The number of pyridine rings is 1. The summed E-state index contributed by atoms with van der Waals surface area (Å²) >= 11 is 0. The smallest absolute Gasteiger partial charge is 0.248 e. The van der Waals surface area contributed by atoms with Gasteiger partial charge in [0.2, 0.25) is 5.91 Å². The van der Waals surface area contributed by atoms with Crippen LogP contribution in [0, 0.1) is 0 Å². The van der Waals surface area contributed by atoms with Crippen LogP contribution in [0.5, 0.6) is 0 Å². The second-order valence-corrected chi connectivity index (χ2v) is 6.23. The number of benzene rings is 1. The quantitative estimate of drug-likeness (QED) is 0.884. The molecule has 0 spiro atoms. The van der Waals surface area contributed by atoms with Crippen LogP contribution in [-0.2, 0) is 9.84 Å². The number of nitrogens with zero attached hydrogens (tertiary/aromatic N) is 1. The minimum Gasteiger partial charge on any atom is -0.366 e. The van der Waals surface area contributed by atoms with Crippen LogP contribution >= 0.6 is 0 Å². The Morgan fingerprint density at radius 3 is 2.40 bits per heavy atom. The Hall–Kier alpha value is -2.41. The van der Waals surface area contributed by atoms with Crippen LogP contribution in [0.3, 0.4) is 0 Å². The van der Waals surface area contributed by atoms with Crippen LogP contribution in [0.15, 0.2) is 47.5 Å². The van der Waals surface area contributed by atoms with Crippen molar-refractivity contribution in [3.05, 3.63) is 48.2 Å². The minimum absolute atomic E-state index is 0.238. The number of carbonyl (C=O) groups is 1. The highest BCUT2D eigenvalue weighted by Crippen LogP contribution is 2.18. The van der Waals surface area contributed by atoms with Crippen LogP contribution in [0.25, 0.3) is 0 Å². The molecule has 0 bridgehead atoms. The summed E-state index contributed by atoms with van der Waals surface area (Å²) in [6, 6.07) is 9.27. The van der Waals surface area contributed by atoms with Gasteiger partial charge in [0.1, 0.15) is 5.82 Å². The summed E-state index contributed by atoms with van der Waals surface area (Å²) in [5.74, 6) is -0.0868. The lowest BCUT2D eigenvalue weighted by Gasteiger charge is -2.07. The first kappa shape index (κ1) is 14.0. The Kier molecular flexibility index (Phi) is 3.71. The van der Waals surface area contributed by atoms with Gasteiger partial charge >= 0.3 is 0 Å². The van der Waals surface area contributed by atoms with Crippen molar-refractivity contribution in [1.29, 1.82) is 0 Å². The molecular weight excluding hydrogens is 278 g/mol. The fourth-order valence-corrected chi connectivity index (χ4v) is 2.22. The van der Waals surface area contributed by atoms with Crippen molar-refractivity contribution < 1.29 is 13.2 Å². The molecule has 1 heterocycles. The van der Waals surface area contributed by atoms with Gasteiger partial charge in [-0.3, -0.25) is 4.79 Å². The van der Waals surface area contributed by atoms with Crippen molar-refractivity contribution in [3.63, 3.8) is 0 Å². The summed E-state index contributed by atoms with van der Waals surface area (Å²) in [6.45, 7) is 0. The molecule has 0 saturated carbocycles. The first-order valence-corrected chi connectivity index (χ1v) is 7.58. The summed E-state index contributed by atoms with van der Waals surface area (Å²) < 4.78 is 22.7. The highest BCUT2D eigenvalue weighted by atomic mass is 32.2. The van der Waals surface area contributed by atoms with E-state index in [-0.39, 0.29) is 4.90 Å². The molecule has 7 heteroatoms. The van der Waals surface area contributed by atoms with Crippen molar-refractivity contribution in [3.8, 4) is 0 Å². The Balaban J connectivity index is 2.22. The van der Waals surface area contributed by atoms with E-state index >= 15 is 0 Å². The fraction of sp³-hybridized carbons (Fsp3) is 0.0769. The van der Waals surface area contributed by atoms with Gasteiger partial charge < -0.3 is 11.1 Å². The zero-order valence-electron chi connectivity index (χ0n) is 10.7. The number of sulfone groups is 1. The lowest BCUT2D eigenvalue weighted by Crippen LogP contribution is -2.11. The summed E-state index contributed by atoms with van der Waals surface area (Å²) in [5, 5.41) is 2.96. The fourth-order valence-electron chi connectivity index (χ4n) is 1.59. The first-order valence-electron chi connectivity index (χ1n) is 5.69. The topological polar surface area (TPSA) is 102 Å². The number of nitrogens with one attached hydrogen (secondary N) is 1. The minimum atomic E-state index is -3.21. The molecule has 1 amide bonds. The molecule has 0 atom stereocenters. The standard InChI is InChI=1S/C13H13N3O3S/c1-20(18,19)11-4-2-10(3-5-11)16-12-8-9(13(14)17)6-7-15-12/h2-8H,1H3,(H2,14,17)(H,15,16). The monoisotopic (exact) mass is 291 g/mol. The second kappa shape index (κ2) is 5.30. The molecule has 6 nitrogen and oxygen atoms in total. The van der Waals surface area contributed by atoms with E-state index in [0.717, 1.165) is 6.26 Å². The Labute approximate surface area is 116 Å². The number of nitrogens with two attached hydrogens (primary N) is 1. The highest BCUT2D eigenvalue weighted by Gasteiger charge is 2.07. The van der Waals surface area contributed by atoms with E-state index in [0.29, 0.717) is 17.1 Å². The largest absolute Gasteiger partial charge is 0.366 e. The highest BCUT2D eigenvalue weighted by molar-refractivity contribution is 7.90. The van der Waals surface area contributed by atoms with Crippen LogP contribution in [0.1, 0.15) is 10.4 Å². The van der Waals surface area contributed by atoms with Gasteiger partial charge in [-0.05, 0) is 36.4 Å². The Morgan fingerprint density at radius 2 is 1.85 bits per heavy atom. The maximum atomic E-state index is 11.3. The number of anilines is 2. The number of carbonyl (C=O) groups excluding carboxylic acids is 1. The summed E-state index contributed by atoms with van der Waals surface area (Å²) in [6.07, 6.45) is 2.61. The molecule has 2 aromatic rings. The molecule has 20 heavy (non-hydrogen) atoms. The number of hydrogen-bond donors (Lipinski definition) is 2. The maximum absolute atomic E-state index is 11.3. The van der Waals surface area contributed by atoms with Gasteiger partial charge in [0, 0.05) is 23.7 Å². The Bertz CT molecular complexity index is 740. The molecule has 0 unspecified atom stereocenters.